The number of piperazine rings is 1. The van der Waals surface area contributed by atoms with Crippen molar-refractivity contribution in [1.29, 1.82) is 0 Å². The lowest BCUT2D eigenvalue weighted by molar-refractivity contribution is -0.142. The van der Waals surface area contributed by atoms with Gasteiger partial charge in [-0.3, -0.25) is 19.1 Å². The highest BCUT2D eigenvalue weighted by molar-refractivity contribution is 5.92. The zero-order valence-electron chi connectivity index (χ0n) is 23.6. The number of rotatable bonds is 7. The van der Waals surface area contributed by atoms with Crippen LogP contribution in [0.1, 0.15) is 26.0 Å². The largest absolute Gasteiger partial charge is 0.431 e. The topological polar surface area (TPSA) is 104 Å². The predicted molar refractivity (Wildman–Crippen MR) is 153 cm³/mol. The Kier molecular flexibility index (Phi) is 8.12. The molecule has 0 spiro atoms. The third kappa shape index (κ3) is 5.28. The summed E-state index contributed by atoms with van der Waals surface area (Å²) in [6.45, 7) is 11.6. The van der Waals surface area contributed by atoms with E-state index < -0.39 is 35.0 Å². The normalized spacial score (nSPS) is 20.1. The summed E-state index contributed by atoms with van der Waals surface area (Å²) in [5.74, 6) is -0.899. The molecule has 1 aliphatic carbocycles. The molecule has 0 saturated carbocycles. The highest BCUT2D eigenvalue weighted by Gasteiger charge is 2.40. The van der Waals surface area contributed by atoms with E-state index in [2.05, 4.69) is 35.3 Å². The summed E-state index contributed by atoms with van der Waals surface area (Å²) in [5, 5.41) is -0.0995. The molecule has 5 rings (SSSR count). The van der Waals surface area contributed by atoms with Crippen LogP contribution in [0.2, 0.25) is 0 Å². The van der Waals surface area contributed by atoms with Crippen molar-refractivity contribution in [2.24, 2.45) is 5.73 Å². The van der Waals surface area contributed by atoms with E-state index in [0.29, 0.717) is 30.7 Å². The molecule has 0 bridgehead atoms. The van der Waals surface area contributed by atoms with Crippen molar-refractivity contribution in [3.05, 3.63) is 52.7 Å². The third-order valence-corrected chi connectivity index (χ3v) is 8.16. The zero-order valence-corrected chi connectivity index (χ0v) is 23.6. The van der Waals surface area contributed by atoms with Crippen LogP contribution in [0.4, 0.5) is 29.3 Å². The molecular weight excluding hydrogens is 556 g/mol. The number of hydrogen-bond acceptors (Lipinski definition) is 8. The lowest BCUT2D eigenvalue weighted by Gasteiger charge is -2.45. The second-order valence-electron chi connectivity index (χ2n) is 10.6. The Labute approximate surface area is 240 Å². The standard InChI is InChI=1S/C28H34F4N8O2/c1-4-22(41)37-10-12-38(13-11-37)25-18-14-21(28(30,31)32)40(24-19(29)8-7-9-20(24)33)26(42)23(18)34-27(35-25)39-15-17(16-39)36(5-2)6-3/h4,7-8,14,17,20H,1,5-6,9-13,15-16,33H2,2-3H3. The number of alkyl halides is 3. The number of amides is 1. The number of pyridine rings is 1. The molecule has 2 aromatic rings. The Bertz CT molecular complexity index is 1500. The number of carbonyl (C=O) groups is 1. The Hall–Kier alpha value is -3.78. The van der Waals surface area contributed by atoms with E-state index in [-0.39, 0.29) is 54.1 Å². The zero-order chi connectivity index (χ0) is 30.3. The third-order valence-electron chi connectivity index (χ3n) is 8.16. The van der Waals surface area contributed by atoms with Gasteiger partial charge in [-0.05, 0) is 37.7 Å². The van der Waals surface area contributed by atoms with Gasteiger partial charge in [0.25, 0.3) is 5.56 Å². The molecule has 226 valence electrons. The Morgan fingerprint density at radius 3 is 2.38 bits per heavy atom. The average Bonchev–Trinajstić information content (AvgIpc) is 2.94. The van der Waals surface area contributed by atoms with E-state index in [1.807, 2.05) is 4.90 Å². The van der Waals surface area contributed by atoms with Crippen molar-refractivity contribution >= 4 is 34.3 Å². The van der Waals surface area contributed by atoms with Gasteiger partial charge in [-0.1, -0.05) is 26.5 Å². The Balaban J connectivity index is 1.68. The number of halogens is 4. The van der Waals surface area contributed by atoms with Crippen molar-refractivity contribution in [2.45, 2.75) is 38.5 Å². The first-order valence-electron chi connectivity index (χ1n) is 14.0. The number of aromatic nitrogens is 3. The first kappa shape index (κ1) is 29.7. The summed E-state index contributed by atoms with van der Waals surface area (Å²) >= 11 is 0. The van der Waals surface area contributed by atoms with Crippen LogP contribution in [0, 0.1) is 0 Å². The second-order valence-corrected chi connectivity index (χ2v) is 10.6. The molecule has 14 heteroatoms. The number of hydrogen-bond donors (Lipinski definition) is 1. The minimum absolute atomic E-state index is 0.0685. The average molecular weight is 591 g/mol. The molecule has 10 nitrogen and oxygen atoms in total. The molecule has 1 unspecified atom stereocenters. The summed E-state index contributed by atoms with van der Waals surface area (Å²) in [7, 11) is 0. The van der Waals surface area contributed by atoms with Crippen LogP contribution in [0.25, 0.3) is 16.6 Å². The molecular formula is C28H34F4N8O2. The SMILES string of the molecule is C=CC(=O)N1CCN(c2nc(N3CC(N(CC)CC)C3)nc3c(=O)n(C4=C(F)C=CCC4N)c(C(F)(F)F)cc23)CC1. The van der Waals surface area contributed by atoms with Gasteiger partial charge >= 0.3 is 6.18 Å². The van der Waals surface area contributed by atoms with E-state index in [0.717, 1.165) is 25.2 Å². The molecule has 42 heavy (non-hydrogen) atoms. The molecule has 2 fully saturated rings. The van der Waals surface area contributed by atoms with Gasteiger partial charge in [0, 0.05) is 45.3 Å². The molecule has 2 saturated heterocycles. The minimum Gasteiger partial charge on any atom is -0.352 e. The molecule has 4 heterocycles. The molecule has 2 aliphatic heterocycles. The first-order chi connectivity index (χ1) is 20.0. The van der Waals surface area contributed by atoms with Gasteiger partial charge in [-0.2, -0.15) is 18.2 Å². The van der Waals surface area contributed by atoms with Crippen LogP contribution in [0.5, 0.6) is 0 Å². The number of likely N-dealkylation sites (N-methyl/N-ethyl adjacent to an activating group) is 1. The van der Waals surface area contributed by atoms with E-state index in [9.17, 15) is 27.2 Å². The second kappa shape index (κ2) is 11.5. The highest BCUT2D eigenvalue weighted by atomic mass is 19.4. The fourth-order valence-electron chi connectivity index (χ4n) is 5.81. The van der Waals surface area contributed by atoms with E-state index in [4.69, 9.17) is 5.73 Å². The van der Waals surface area contributed by atoms with E-state index in [1.54, 1.807) is 9.80 Å². The molecule has 1 atom stereocenters. The highest BCUT2D eigenvalue weighted by Crippen LogP contribution is 2.37. The maximum Gasteiger partial charge on any atom is 0.431 e. The summed E-state index contributed by atoms with van der Waals surface area (Å²) in [4.78, 5) is 42.7. The van der Waals surface area contributed by atoms with E-state index >= 15 is 0 Å². The van der Waals surface area contributed by atoms with Crippen LogP contribution in [0.15, 0.2) is 41.5 Å². The maximum atomic E-state index is 15.0. The van der Waals surface area contributed by atoms with Crippen LogP contribution < -0.4 is 21.1 Å². The maximum absolute atomic E-state index is 15.0. The van der Waals surface area contributed by atoms with Crippen LogP contribution >= 0.6 is 0 Å². The number of fused-ring (bicyclic) bond motifs is 1. The Morgan fingerprint density at radius 1 is 1.14 bits per heavy atom. The molecule has 2 N–H and O–H groups in total. The molecule has 2 aromatic heterocycles. The fourth-order valence-corrected chi connectivity index (χ4v) is 5.81. The van der Waals surface area contributed by atoms with Gasteiger partial charge in [0.15, 0.2) is 0 Å². The lowest BCUT2D eigenvalue weighted by Crippen LogP contribution is -2.60. The van der Waals surface area contributed by atoms with E-state index in [1.165, 1.54) is 12.2 Å². The lowest BCUT2D eigenvalue weighted by atomic mass is 10.0. The van der Waals surface area contributed by atoms with Gasteiger partial charge in [0.2, 0.25) is 11.9 Å². The quantitative estimate of drug-likeness (QED) is 0.388. The summed E-state index contributed by atoms with van der Waals surface area (Å²) in [5.41, 5.74) is 2.73. The number of carbonyl (C=O) groups excluding carboxylic acids is 1. The van der Waals surface area contributed by atoms with Gasteiger partial charge in [-0.25, -0.2) is 9.37 Å². The van der Waals surface area contributed by atoms with Crippen molar-refractivity contribution in [3.63, 3.8) is 0 Å². The predicted octanol–water partition coefficient (Wildman–Crippen LogP) is 2.60. The van der Waals surface area contributed by atoms with Gasteiger partial charge in [0.1, 0.15) is 22.9 Å². The molecule has 0 radical (unpaired) electrons. The molecule has 0 aromatic carbocycles. The molecule has 3 aliphatic rings. The van der Waals surface area contributed by atoms with Crippen molar-refractivity contribution in [3.8, 4) is 0 Å². The minimum atomic E-state index is -5.01. The van der Waals surface area contributed by atoms with Gasteiger partial charge < -0.3 is 20.4 Å². The van der Waals surface area contributed by atoms with Crippen LogP contribution in [-0.4, -0.2) is 94.7 Å². The number of anilines is 2. The van der Waals surface area contributed by atoms with Gasteiger partial charge in [0.05, 0.1) is 17.1 Å². The first-order valence-corrected chi connectivity index (χ1v) is 14.0. The summed E-state index contributed by atoms with van der Waals surface area (Å²) in [6.07, 6.45) is -1.31. The number of allylic oxidation sites excluding steroid dienone is 2. The fraction of sp³-hybridized carbons (Fsp3) is 0.500. The summed E-state index contributed by atoms with van der Waals surface area (Å²) in [6, 6.07) is -0.114. The Morgan fingerprint density at radius 2 is 1.81 bits per heavy atom. The summed E-state index contributed by atoms with van der Waals surface area (Å²) < 4.78 is 58.8. The van der Waals surface area contributed by atoms with Crippen molar-refractivity contribution in [2.75, 3.05) is 62.2 Å². The van der Waals surface area contributed by atoms with Crippen LogP contribution in [0.3, 0.4) is 0 Å². The number of nitrogens with two attached hydrogens (primary N) is 1. The van der Waals surface area contributed by atoms with Crippen molar-refractivity contribution in [1.82, 2.24) is 24.3 Å². The van der Waals surface area contributed by atoms with Crippen LogP contribution in [-0.2, 0) is 11.0 Å². The van der Waals surface area contributed by atoms with Crippen molar-refractivity contribution < 1.29 is 22.4 Å². The molecule has 1 amide bonds. The number of nitrogens with zero attached hydrogens (tertiary/aromatic N) is 7. The van der Waals surface area contributed by atoms with Gasteiger partial charge in [-0.15, -0.1) is 0 Å². The smallest absolute Gasteiger partial charge is 0.352 e. The monoisotopic (exact) mass is 590 g/mol.